The molecule has 0 aliphatic carbocycles. The summed E-state index contributed by atoms with van der Waals surface area (Å²) in [6, 6.07) is 1.45. The third-order valence-corrected chi connectivity index (χ3v) is 3.12. The van der Waals surface area contributed by atoms with Gasteiger partial charge in [-0.2, -0.15) is 0 Å². The highest BCUT2D eigenvalue weighted by atomic mass is 79.9. The number of pyridine rings is 1. The second-order valence-electron chi connectivity index (χ2n) is 5.54. The monoisotopic (exact) mass is 330 g/mol. The quantitative estimate of drug-likeness (QED) is 0.641. The van der Waals surface area contributed by atoms with Gasteiger partial charge in [0, 0.05) is 19.2 Å². The molecule has 19 heavy (non-hydrogen) atoms. The molecule has 1 N–H and O–H groups in total. The molecule has 6 nitrogen and oxygen atoms in total. The highest BCUT2D eigenvalue weighted by molar-refractivity contribution is 9.10. The lowest BCUT2D eigenvalue weighted by atomic mass is 9.93. The summed E-state index contributed by atoms with van der Waals surface area (Å²) in [5, 5.41) is 13.8. The minimum absolute atomic E-state index is 0.0232. The Labute approximate surface area is 121 Å². The van der Waals surface area contributed by atoms with Gasteiger partial charge < -0.3 is 10.2 Å². The first-order chi connectivity index (χ1) is 8.71. The smallest absolute Gasteiger partial charge is 0.288 e. The molecule has 0 aliphatic rings. The van der Waals surface area contributed by atoms with E-state index in [1.807, 2.05) is 14.1 Å². The molecule has 0 aromatic carbocycles. The molecule has 106 valence electrons. The van der Waals surface area contributed by atoms with Crippen LogP contribution in [0, 0.1) is 15.5 Å². The van der Waals surface area contributed by atoms with Crippen molar-refractivity contribution in [3.8, 4) is 0 Å². The van der Waals surface area contributed by atoms with Gasteiger partial charge in [-0.25, -0.2) is 4.98 Å². The number of nitrogens with zero attached hydrogens (tertiary/aromatic N) is 3. The fraction of sp³-hybridized carbons (Fsp3) is 0.583. The average Bonchev–Trinajstić information content (AvgIpc) is 2.25. The van der Waals surface area contributed by atoms with Gasteiger partial charge in [0.15, 0.2) is 0 Å². The van der Waals surface area contributed by atoms with Crippen LogP contribution >= 0.6 is 15.9 Å². The maximum Gasteiger partial charge on any atom is 0.288 e. The number of aromatic nitrogens is 1. The molecule has 1 aromatic heterocycles. The maximum absolute atomic E-state index is 10.6. The molecule has 7 heteroatoms. The standard InChI is InChI=1S/C12H19BrN4O2/c1-12(2,8-16(3)4)7-15-11-10(13)5-9(6-14-11)17(18)19/h5-6H,7-8H2,1-4H3,(H,14,15). The number of halogens is 1. The zero-order chi connectivity index (χ0) is 14.6. The summed E-state index contributed by atoms with van der Waals surface area (Å²) in [7, 11) is 4.06. The molecule has 0 aliphatic heterocycles. The SMILES string of the molecule is CN(C)CC(C)(C)CNc1ncc([N+](=O)[O-])cc1Br. The summed E-state index contributed by atoms with van der Waals surface area (Å²) in [5.74, 6) is 0.623. The van der Waals surface area contributed by atoms with Crippen LogP contribution in [0.15, 0.2) is 16.7 Å². The topological polar surface area (TPSA) is 71.3 Å². The van der Waals surface area contributed by atoms with E-state index in [9.17, 15) is 10.1 Å². The first-order valence-corrected chi connectivity index (χ1v) is 6.69. The fourth-order valence-corrected chi connectivity index (χ4v) is 2.37. The molecule has 0 fully saturated rings. The van der Waals surface area contributed by atoms with Gasteiger partial charge in [-0.05, 0) is 35.4 Å². The Kier molecular flexibility index (Phi) is 5.25. The summed E-state index contributed by atoms with van der Waals surface area (Å²) >= 11 is 3.29. The molecule has 0 spiro atoms. The van der Waals surface area contributed by atoms with E-state index in [2.05, 4.69) is 45.0 Å². The lowest BCUT2D eigenvalue weighted by molar-refractivity contribution is -0.385. The van der Waals surface area contributed by atoms with E-state index in [0.717, 1.165) is 13.1 Å². The molecule has 0 radical (unpaired) electrons. The molecule has 0 saturated heterocycles. The van der Waals surface area contributed by atoms with Crippen LogP contribution in [0.1, 0.15) is 13.8 Å². The van der Waals surface area contributed by atoms with E-state index in [-0.39, 0.29) is 11.1 Å². The largest absolute Gasteiger partial charge is 0.369 e. The molecular weight excluding hydrogens is 312 g/mol. The third kappa shape index (κ3) is 5.12. The van der Waals surface area contributed by atoms with Crippen LogP contribution in [0.4, 0.5) is 11.5 Å². The van der Waals surface area contributed by atoms with Crippen LogP contribution in [0.3, 0.4) is 0 Å². The molecule has 0 unspecified atom stereocenters. The first kappa shape index (κ1) is 15.8. The van der Waals surface area contributed by atoms with Gasteiger partial charge in [0.05, 0.1) is 9.40 Å². The molecule has 0 saturated carbocycles. The number of rotatable bonds is 6. The Morgan fingerprint density at radius 1 is 1.53 bits per heavy atom. The van der Waals surface area contributed by atoms with E-state index in [1.165, 1.54) is 12.3 Å². The highest BCUT2D eigenvalue weighted by Crippen LogP contribution is 2.26. The van der Waals surface area contributed by atoms with Crippen LogP contribution in [-0.4, -0.2) is 42.0 Å². The lowest BCUT2D eigenvalue weighted by Gasteiger charge is -2.28. The van der Waals surface area contributed by atoms with Crippen LogP contribution in [0.25, 0.3) is 0 Å². The predicted molar refractivity (Wildman–Crippen MR) is 79.4 cm³/mol. The Hall–Kier alpha value is -1.21. The van der Waals surface area contributed by atoms with Gasteiger partial charge in [0.25, 0.3) is 5.69 Å². The van der Waals surface area contributed by atoms with Crippen molar-refractivity contribution in [3.63, 3.8) is 0 Å². The summed E-state index contributed by atoms with van der Waals surface area (Å²) in [4.78, 5) is 16.4. The first-order valence-electron chi connectivity index (χ1n) is 5.90. The lowest BCUT2D eigenvalue weighted by Crippen LogP contribution is -2.34. The van der Waals surface area contributed by atoms with Crippen molar-refractivity contribution in [2.45, 2.75) is 13.8 Å². The minimum atomic E-state index is -0.461. The molecule has 0 atom stereocenters. The van der Waals surface area contributed by atoms with Gasteiger partial charge in [-0.15, -0.1) is 0 Å². The molecule has 1 rings (SSSR count). The average molecular weight is 331 g/mol. The van der Waals surface area contributed by atoms with Gasteiger partial charge >= 0.3 is 0 Å². The second kappa shape index (κ2) is 6.29. The third-order valence-electron chi connectivity index (χ3n) is 2.52. The van der Waals surface area contributed by atoms with Crippen molar-refractivity contribution >= 4 is 27.4 Å². The number of nitro groups is 1. The van der Waals surface area contributed by atoms with E-state index in [0.29, 0.717) is 10.3 Å². The van der Waals surface area contributed by atoms with E-state index < -0.39 is 4.92 Å². The Balaban J connectivity index is 2.71. The number of anilines is 1. The van der Waals surface area contributed by atoms with E-state index in [4.69, 9.17) is 0 Å². The van der Waals surface area contributed by atoms with Crippen molar-refractivity contribution in [1.82, 2.24) is 9.88 Å². The van der Waals surface area contributed by atoms with Crippen molar-refractivity contribution in [2.24, 2.45) is 5.41 Å². The molecule has 0 bridgehead atoms. The molecule has 0 amide bonds. The van der Waals surface area contributed by atoms with Gasteiger partial charge in [-0.3, -0.25) is 10.1 Å². The zero-order valence-corrected chi connectivity index (χ0v) is 13.2. The van der Waals surface area contributed by atoms with Gasteiger partial charge in [0.2, 0.25) is 0 Å². The van der Waals surface area contributed by atoms with Crippen molar-refractivity contribution in [1.29, 1.82) is 0 Å². The van der Waals surface area contributed by atoms with Gasteiger partial charge in [0.1, 0.15) is 12.0 Å². The summed E-state index contributed by atoms with van der Waals surface area (Å²) in [5.41, 5.74) is 0.0526. The summed E-state index contributed by atoms with van der Waals surface area (Å²) < 4.78 is 0.599. The predicted octanol–water partition coefficient (Wildman–Crippen LogP) is 2.75. The van der Waals surface area contributed by atoms with Crippen LogP contribution < -0.4 is 5.32 Å². The Morgan fingerprint density at radius 2 is 2.16 bits per heavy atom. The van der Waals surface area contributed by atoms with Crippen LogP contribution in [0.5, 0.6) is 0 Å². The number of hydrogen-bond donors (Lipinski definition) is 1. The maximum atomic E-state index is 10.6. The summed E-state index contributed by atoms with van der Waals surface area (Å²) in [6.45, 7) is 5.97. The van der Waals surface area contributed by atoms with Crippen LogP contribution in [0.2, 0.25) is 0 Å². The Morgan fingerprint density at radius 3 is 2.63 bits per heavy atom. The van der Waals surface area contributed by atoms with Crippen molar-refractivity contribution in [2.75, 3.05) is 32.5 Å². The highest BCUT2D eigenvalue weighted by Gasteiger charge is 2.19. The fourth-order valence-electron chi connectivity index (χ4n) is 1.89. The van der Waals surface area contributed by atoms with Crippen molar-refractivity contribution < 1.29 is 4.92 Å². The zero-order valence-electron chi connectivity index (χ0n) is 11.6. The Bertz CT molecular complexity index is 463. The number of nitrogens with one attached hydrogen (secondary N) is 1. The number of hydrogen-bond acceptors (Lipinski definition) is 5. The summed E-state index contributed by atoms with van der Waals surface area (Å²) in [6.07, 6.45) is 1.26. The molecule has 1 aromatic rings. The van der Waals surface area contributed by atoms with E-state index in [1.54, 1.807) is 0 Å². The van der Waals surface area contributed by atoms with Crippen molar-refractivity contribution in [3.05, 3.63) is 26.9 Å². The normalized spacial score (nSPS) is 11.7. The van der Waals surface area contributed by atoms with E-state index >= 15 is 0 Å². The molecule has 1 heterocycles. The van der Waals surface area contributed by atoms with Gasteiger partial charge in [-0.1, -0.05) is 13.8 Å². The second-order valence-corrected chi connectivity index (χ2v) is 6.39. The minimum Gasteiger partial charge on any atom is -0.369 e. The van der Waals surface area contributed by atoms with Crippen LogP contribution in [-0.2, 0) is 0 Å². The molecular formula is C12H19BrN4O2.